The predicted molar refractivity (Wildman–Crippen MR) is 151 cm³/mol. The lowest BCUT2D eigenvalue weighted by Gasteiger charge is -2.13. The summed E-state index contributed by atoms with van der Waals surface area (Å²) in [6.45, 7) is 3.51. The lowest BCUT2D eigenvalue weighted by atomic mass is 10.1. The first-order valence-electron chi connectivity index (χ1n) is 13.2. The van der Waals surface area contributed by atoms with E-state index in [0.29, 0.717) is 29.0 Å². The molecule has 0 saturated carbocycles. The molecule has 236 valence electrons. The number of nitrogens with two attached hydrogens (primary N) is 1. The van der Waals surface area contributed by atoms with Crippen LogP contribution in [0, 0.1) is 6.92 Å². The van der Waals surface area contributed by atoms with Crippen LogP contribution < -0.4 is 21.1 Å². The van der Waals surface area contributed by atoms with Crippen LogP contribution in [0.4, 0.5) is 23.9 Å². The fraction of sp³-hybridized carbons (Fsp3) is 0.385. The largest absolute Gasteiger partial charge is 0.494 e. The SMILES string of the molecule is CCn1nc(C)cc1C(=O)Nc1nc2cc(C(N)=O)cc(OC)c2n1CCCNC(=O)OCc1c(C(F)(F)F)nn(C)c1Cl. The fourth-order valence-corrected chi connectivity index (χ4v) is 4.68. The van der Waals surface area contributed by atoms with Crippen LogP contribution in [-0.4, -0.2) is 60.7 Å². The number of imidazole rings is 1. The molecule has 0 bridgehead atoms. The number of aromatic nitrogens is 6. The number of ether oxygens (including phenoxy) is 2. The van der Waals surface area contributed by atoms with Gasteiger partial charge in [0.25, 0.3) is 5.91 Å². The molecule has 0 fully saturated rings. The second-order valence-electron chi connectivity index (χ2n) is 9.53. The minimum absolute atomic E-state index is 0.0300. The lowest BCUT2D eigenvalue weighted by molar-refractivity contribution is -0.142. The summed E-state index contributed by atoms with van der Waals surface area (Å²) in [5.74, 6) is -0.794. The Kier molecular flexibility index (Phi) is 9.36. The summed E-state index contributed by atoms with van der Waals surface area (Å²) in [7, 11) is 2.63. The number of hydrogen-bond acceptors (Lipinski definition) is 8. The number of benzene rings is 1. The number of amides is 3. The number of hydrogen-bond donors (Lipinski definition) is 3. The Bertz CT molecular complexity index is 1730. The number of nitrogens with zero attached hydrogens (tertiary/aromatic N) is 6. The van der Waals surface area contributed by atoms with Gasteiger partial charge in [0.1, 0.15) is 28.7 Å². The Labute approximate surface area is 253 Å². The third kappa shape index (κ3) is 6.72. The Morgan fingerprint density at radius 2 is 1.89 bits per heavy atom. The molecule has 18 heteroatoms. The quantitative estimate of drug-likeness (QED) is 0.209. The lowest BCUT2D eigenvalue weighted by Crippen LogP contribution is -2.26. The van der Waals surface area contributed by atoms with Gasteiger partial charge < -0.3 is 25.1 Å². The van der Waals surface area contributed by atoms with Crippen LogP contribution >= 0.6 is 11.6 Å². The van der Waals surface area contributed by atoms with Crippen molar-refractivity contribution < 1.29 is 37.0 Å². The molecule has 4 aromatic rings. The van der Waals surface area contributed by atoms with Crippen LogP contribution in [-0.2, 0) is 37.7 Å². The highest BCUT2D eigenvalue weighted by Crippen LogP contribution is 2.35. The van der Waals surface area contributed by atoms with Crippen LogP contribution in [0.15, 0.2) is 18.2 Å². The van der Waals surface area contributed by atoms with Crippen molar-refractivity contribution in [1.82, 2.24) is 34.4 Å². The molecule has 0 saturated heterocycles. The highest BCUT2D eigenvalue weighted by Gasteiger charge is 2.39. The average molecular weight is 640 g/mol. The Morgan fingerprint density at radius 1 is 1.16 bits per heavy atom. The zero-order chi connectivity index (χ0) is 32.3. The summed E-state index contributed by atoms with van der Waals surface area (Å²) in [5, 5.41) is 12.6. The monoisotopic (exact) mass is 639 g/mol. The van der Waals surface area contributed by atoms with Crippen molar-refractivity contribution >= 4 is 46.5 Å². The van der Waals surface area contributed by atoms with E-state index in [1.807, 2.05) is 6.92 Å². The minimum atomic E-state index is -4.78. The molecule has 44 heavy (non-hydrogen) atoms. The van der Waals surface area contributed by atoms with E-state index in [1.165, 1.54) is 31.0 Å². The third-order valence-electron chi connectivity index (χ3n) is 6.48. The third-order valence-corrected chi connectivity index (χ3v) is 6.96. The van der Waals surface area contributed by atoms with Gasteiger partial charge in [-0.2, -0.15) is 23.4 Å². The van der Waals surface area contributed by atoms with Gasteiger partial charge in [-0.25, -0.2) is 9.78 Å². The molecule has 3 heterocycles. The number of anilines is 1. The molecule has 0 aliphatic carbocycles. The first-order valence-corrected chi connectivity index (χ1v) is 13.6. The molecule has 4 N–H and O–H groups in total. The first kappa shape index (κ1) is 32.1. The number of rotatable bonds is 11. The summed E-state index contributed by atoms with van der Waals surface area (Å²) in [4.78, 5) is 41.8. The molecule has 0 spiro atoms. The van der Waals surface area contributed by atoms with Gasteiger partial charge in [-0.1, -0.05) is 11.6 Å². The summed E-state index contributed by atoms with van der Waals surface area (Å²) in [6.07, 6.45) is -5.50. The molecule has 3 amide bonds. The summed E-state index contributed by atoms with van der Waals surface area (Å²) >= 11 is 5.90. The standard InChI is InChI=1S/C26H29ClF3N9O5/c1-5-39-17(9-13(2)35-39)23(41)34-24-33-16-10-14(22(31)40)11-18(43-4)19(16)38(24)8-6-7-32-25(42)44-12-15-20(26(28,29)30)36-37(3)21(15)27/h9-11H,5-8,12H2,1-4H3,(H2,31,40)(H,32,42)(H,33,34,41). The van der Waals surface area contributed by atoms with E-state index < -0.39 is 41.9 Å². The van der Waals surface area contributed by atoms with Crippen molar-refractivity contribution in [3.05, 3.63) is 51.6 Å². The Hall–Kier alpha value is -4.80. The van der Waals surface area contributed by atoms with Gasteiger partial charge in [-0.3, -0.25) is 24.3 Å². The number of nitrogens with one attached hydrogen (secondary N) is 2. The van der Waals surface area contributed by atoms with Gasteiger partial charge in [0, 0.05) is 32.2 Å². The average Bonchev–Trinajstić information content (AvgIpc) is 3.61. The van der Waals surface area contributed by atoms with E-state index in [0.717, 1.165) is 4.68 Å². The molecular formula is C26H29ClF3N9O5. The van der Waals surface area contributed by atoms with Gasteiger partial charge in [0.05, 0.1) is 23.9 Å². The maximum absolute atomic E-state index is 13.3. The number of methoxy groups -OCH3 is 1. The molecule has 0 unspecified atom stereocenters. The molecule has 4 rings (SSSR count). The maximum Gasteiger partial charge on any atom is 0.435 e. The molecule has 1 aromatic carbocycles. The van der Waals surface area contributed by atoms with E-state index in [2.05, 4.69) is 25.8 Å². The van der Waals surface area contributed by atoms with Crippen molar-refractivity contribution in [3.63, 3.8) is 0 Å². The van der Waals surface area contributed by atoms with Crippen molar-refractivity contribution in [1.29, 1.82) is 0 Å². The number of primary amides is 1. The summed E-state index contributed by atoms with van der Waals surface area (Å²) in [6, 6.07) is 4.53. The fourth-order valence-electron chi connectivity index (χ4n) is 4.50. The van der Waals surface area contributed by atoms with E-state index in [1.54, 1.807) is 17.6 Å². The molecule has 14 nitrogen and oxygen atoms in total. The number of alkyl halides is 3. The van der Waals surface area contributed by atoms with Crippen LogP contribution in [0.5, 0.6) is 5.75 Å². The number of alkyl carbamates (subject to hydrolysis) is 1. The van der Waals surface area contributed by atoms with Crippen LogP contribution in [0.1, 0.15) is 51.1 Å². The van der Waals surface area contributed by atoms with Gasteiger partial charge in [-0.15, -0.1) is 0 Å². The van der Waals surface area contributed by atoms with Crippen molar-refractivity contribution in [2.45, 2.75) is 46.1 Å². The highest BCUT2D eigenvalue weighted by molar-refractivity contribution is 6.30. The topological polar surface area (TPSA) is 173 Å². The van der Waals surface area contributed by atoms with Crippen LogP contribution in [0.3, 0.4) is 0 Å². The van der Waals surface area contributed by atoms with Crippen LogP contribution in [0.25, 0.3) is 11.0 Å². The maximum atomic E-state index is 13.3. The number of carbonyl (C=O) groups is 3. The van der Waals surface area contributed by atoms with Crippen LogP contribution in [0.2, 0.25) is 5.15 Å². The number of fused-ring (bicyclic) bond motifs is 1. The number of aryl methyl sites for hydroxylation is 4. The zero-order valence-corrected chi connectivity index (χ0v) is 24.8. The normalized spacial score (nSPS) is 11.5. The molecule has 0 atom stereocenters. The van der Waals surface area contributed by atoms with Gasteiger partial charge in [-0.05, 0) is 38.5 Å². The van der Waals surface area contributed by atoms with E-state index >= 15 is 0 Å². The van der Waals surface area contributed by atoms with Gasteiger partial charge in [0.15, 0.2) is 5.69 Å². The second-order valence-corrected chi connectivity index (χ2v) is 9.89. The second kappa shape index (κ2) is 12.8. The van der Waals surface area contributed by atoms with E-state index in [-0.39, 0.29) is 41.9 Å². The van der Waals surface area contributed by atoms with Crippen molar-refractivity contribution in [2.75, 3.05) is 19.0 Å². The van der Waals surface area contributed by atoms with E-state index in [4.69, 9.17) is 26.8 Å². The highest BCUT2D eigenvalue weighted by atomic mass is 35.5. The summed E-state index contributed by atoms with van der Waals surface area (Å²) in [5.41, 5.74) is 5.61. The molecule has 0 aliphatic heterocycles. The number of halogens is 4. The smallest absolute Gasteiger partial charge is 0.435 e. The molecular weight excluding hydrogens is 611 g/mol. The molecule has 0 aliphatic rings. The first-order chi connectivity index (χ1) is 20.7. The zero-order valence-electron chi connectivity index (χ0n) is 24.1. The molecule has 3 aromatic heterocycles. The van der Waals surface area contributed by atoms with Crippen molar-refractivity contribution in [2.24, 2.45) is 12.8 Å². The van der Waals surface area contributed by atoms with E-state index in [9.17, 15) is 27.6 Å². The molecule has 0 radical (unpaired) electrons. The Balaban J connectivity index is 1.51. The van der Waals surface area contributed by atoms with Gasteiger partial charge >= 0.3 is 12.3 Å². The number of carbonyl (C=O) groups excluding carboxylic acids is 3. The Morgan fingerprint density at radius 3 is 2.52 bits per heavy atom. The predicted octanol–water partition coefficient (Wildman–Crippen LogP) is 3.64. The summed E-state index contributed by atoms with van der Waals surface area (Å²) < 4.78 is 54.2. The van der Waals surface area contributed by atoms with Crippen molar-refractivity contribution in [3.8, 4) is 5.75 Å². The van der Waals surface area contributed by atoms with Gasteiger partial charge in [0.2, 0.25) is 11.9 Å². The minimum Gasteiger partial charge on any atom is -0.494 e.